The van der Waals surface area contributed by atoms with Crippen LogP contribution < -0.4 is 5.32 Å². The van der Waals surface area contributed by atoms with Gasteiger partial charge in [0.2, 0.25) is 5.91 Å². The van der Waals surface area contributed by atoms with Crippen molar-refractivity contribution < 1.29 is 4.79 Å². The van der Waals surface area contributed by atoms with Crippen molar-refractivity contribution in [3.63, 3.8) is 0 Å². The third kappa shape index (κ3) is 3.47. The number of hydrogen-bond donors (Lipinski definition) is 1. The Hall–Kier alpha value is -0.570. The van der Waals surface area contributed by atoms with Crippen molar-refractivity contribution >= 4 is 5.91 Å². The van der Waals surface area contributed by atoms with Crippen molar-refractivity contribution in [2.45, 2.75) is 70.4 Å². The molecule has 3 heteroatoms. The van der Waals surface area contributed by atoms with Crippen molar-refractivity contribution in [3.05, 3.63) is 0 Å². The molecule has 0 atom stereocenters. The molecule has 3 nitrogen and oxygen atoms in total. The van der Waals surface area contributed by atoms with E-state index in [0.717, 1.165) is 13.0 Å². The summed E-state index contributed by atoms with van der Waals surface area (Å²) in [6.45, 7) is 3.23. The van der Waals surface area contributed by atoms with Gasteiger partial charge in [0.25, 0.3) is 0 Å². The lowest BCUT2D eigenvalue weighted by molar-refractivity contribution is -0.134. The van der Waals surface area contributed by atoms with Gasteiger partial charge >= 0.3 is 0 Å². The lowest BCUT2D eigenvalue weighted by Crippen LogP contribution is -2.43. The topological polar surface area (TPSA) is 32.3 Å². The van der Waals surface area contributed by atoms with Gasteiger partial charge in [-0.15, -0.1) is 0 Å². The van der Waals surface area contributed by atoms with Crippen molar-refractivity contribution in [1.29, 1.82) is 0 Å². The van der Waals surface area contributed by atoms with Gasteiger partial charge < -0.3 is 10.2 Å². The number of carbonyl (C=O) groups is 1. The molecular formula is C15H28N2O. The highest BCUT2D eigenvalue weighted by Crippen LogP contribution is 2.31. The van der Waals surface area contributed by atoms with Crippen LogP contribution in [-0.4, -0.2) is 36.5 Å². The number of carbonyl (C=O) groups excluding carboxylic acids is 1. The average Bonchev–Trinajstić information content (AvgIpc) is 2.34. The third-order valence-corrected chi connectivity index (χ3v) is 4.82. The molecule has 104 valence electrons. The zero-order valence-electron chi connectivity index (χ0n) is 12.0. The Morgan fingerprint density at radius 1 is 1.17 bits per heavy atom. The minimum atomic E-state index is 0.381. The van der Waals surface area contributed by atoms with Crippen LogP contribution >= 0.6 is 0 Å². The molecule has 1 N–H and O–H groups in total. The number of rotatable bonds is 5. The second-order valence-corrected chi connectivity index (χ2v) is 6.07. The van der Waals surface area contributed by atoms with Crippen LogP contribution in [0, 0.1) is 5.92 Å². The van der Waals surface area contributed by atoms with E-state index in [1.807, 2.05) is 11.9 Å². The molecule has 2 aliphatic carbocycles. The Kier molecular flexibility index (Phi) is 5.04. The number of nitrogens with one attached hydrogen (secondary N) is 1. The molecule has 0 unspecified atom stereocenters. The van der Waals surface area contributed by atoms with E-state index in [4.69, 9.17) is 0 Å². The van der Waals surface area contributed by atoms with Crippen LogP contribution in [-0.2, 0) is 4.79 Å². The Labute approximate surface area is 111 Å². The molecule has 2 fully saturated rings. The van der Waals surface area contributed by atoms with Gasteiger partial charge in [-0.3, -0.25) is 4.79 Å². The van der Waals surface area contributed by atoms with Crippen molar-refractivity contribution in [2.24, 2.45) is 5.92 Å². The predicted octanol–water partition coefficient (Wildman–Crippen LogP) is 2.56. The van der Waals surface area contributed by atoms with Crippen LogP contribution in [0.15, 0.2) is 0 Å². The van der Waals surface area contributed by atoms with E-state index in [-0.39, 0.29) is 0 Å². The summed E-state index contributed by atoms with van der Waals surface area (Å²) in [4.78, 5) is 14.2. The van der Waals surface area contributed by atoms with Gasteiger partial charge in [-0.05, 0) is 51.0 Å². The number of hydrogen-bond acceptors (Lipinski definition) is 2. The van der Waals surface area contributed by atoms with E-state index in [1.54, 1.807) is 0 Å². The van der Waals surface area contributed by atoms with Gasteiger partial charge in [0.1, 0.15) is 0 Å². The summed E-state index contributed by atoms with van der Waals surface area (Å²) in [6.07, 6.45) is 9.45. The predicted molar refractivity (Wildman–Crippen MR) is 74.4 cm³/mol. The molecule has 2 aliphatic rings. The summed E-state index contributed by atoms with van der Waals surface area (Å²) in [7, 11) is 2.01. The zero-order valence-corrected chi connectivity index (χ0v) is 12.0. The first kappa shape index (κ1) is 13.9. The summed E-state index contributed by atoms with van der Waals surface area (Å²) < 4.78 is 0. The van der Waals surface area contributed by atoms with E-state index >= 15 is 0 Å². The summed E-state index contributed by atoms with van der Waals surface area (Å²) in [5, 5.41) is 3.52. The molecule has 18 heavy (non-hydrogen) atoms. The van der Waals surface area contributed by atoms with Crippen LogP contribution in [0.5, 0.6) is 0 Å². The van der Waals surface area contributed by atoms with Crippen LogP contribution in [0.2, 0.25) is 0 Å². The molecule has 0 saturated heterocycles. The van der Waals surface area contributed by atoms with Crippen molar-refractivity contribution in [2.75, 3.05) is 13.6 Å². The summed E-state index contributed by atoms with van der Waals surface area (Å²) in [5.74, 6) is 1.07. The van der Waals surface area contributed by atoms with Gasteiger partial charge in [-0.1, -0.05) is 13.3 Å². The average molecular weight is 252 g/mol. The molecule has 0 heterocycles. The normalized spacial score (nSPS) is 28.8. The highest BCUT2D eigenvalue weighted by molar-refractivity contribution is 5.76. The molecule has 0 spiro atoms. The molecule has 2 saturated carbocycles. The lowest BCUT2D eigenvalue weighted by Gasteiger charge is -2.36. The van der Waals surface area contributed by atoms with E-state index < -0.39 is 0 Å². The third-order valence-electron chi connectivity index (χ3n) is 4.82. The molecule has 1 amide bonds. The van der Waals surface area contributed by atoms with E-state index in [0.29, 0.717) is 23.9 Å². The molecule has 2 rings (SSSR count). The van der Waals surface area contributed by atoms with Gasteiger partial charge in [-0.25, -0.2) is 0 Å². The van der Waals surface area contributed by atoms with Crippen LogP contribution in [0.25, 0.3) is 0 Å². The molecule has 0 aliphatic heterocycles. The molecule has 0 bridgehead atoms. The summed E-state index contributed by atoms with van der Waals surface area (Å²) in [5.41, 5.74) is 0. The smallest absolute Gasteiger partial charge is 0.222 e. The van der Waals surface area contributed by atoms with Crippen molar-refractivity contribution in [3.8, 4) is 0 Å². The first-order valence-corrected chi connectivity index (χ1v) is 7.69. The quantitative estimate of drug-likeness (QED) is 0.815. The fourth-order valence-electron chi connectivity index (χ4n) is 3.25. The fraction of sp³-hybridized carbons (Fsp3) is 0.933. The van der Waals surface area contributed by atoms with Crippen LogP contribution in [0.1, 0.15) is 58.3 Å². The van der Waals surface area contributed by atoms with E-state index in [9.17, 15) is 4.79 Å². The maximum absolute atomic E-state index is 12.2. The lowest BCUT2D eigenvalue weighted by atomic mass is 9.82. The highest BCUT2D eigenvalue weighted by Gasteiger charge is 2.28. The largest absolute Gasteiger partial charge is 0.343 e. The van der Waals surface area contributed by atoms with Crippen LogP contribution in [0.4, 0.5) is 0 Å². The molecule has 0 aromatic rings. The molecule has 0 aromatic carbocycles. The monoisotopic (exact) mass is 252 g/mol. The van der Waals surface area contributed by atoms with E-state index in [2.05, 4.69) is 12.2 Å². The first-order valence-electron chi connectivity index (χ1n) is 7.69. The Morgan fingerprint density at radius 3 is 2.33 bits per heavy atom. The maximum atomic E-state index is 12.2. The minimum absolute atomic E-state index is 0.381. The van der Waals surface area contributed by atoms with Gasteiger partial charge in [0, 0.05) is 25.6 Å². The SMILES string of the molecule is CCNC1CCC(N(C)C(=O)CC2CCC2)CC1. The second kappa shape index (κ2) is 6.55. The fourth-order valence-corrected chi connectivity index (χ4v) is 3.25. The maximum Gasteiger partial charge on any atom is 0.222 e. The Balaban J connectivity index is 1.72. The standard InChI is InChI=1S/C15H28N2O/c1-3-16-13-7-9-14(10-8-13)17(2)15(18)11-12-5-4-6-12/h12-14,16H,3-11H2,1-2H3. The first-order chi connectivity index (χ1) is 8.70. The number of nitrogens with zero attached hydrogens (tertiary/aromatic N) is 1. The molecule has 0 radical (unpaired) electrons. The Bertz CT molecular complexity index is 268. The van der Waals surface area contributed by atoms with E-state index in [1.165, 1.54) is 44.9 Å². The highest BCUT2D eigenvalue weighted by atomic mass is 16.2. The van der Waals surface area contributed by atoms with Gasteiger partial charge in [0.15, 0.2) is 0 Å². The zero-order chi connectivity index (χ0) is 13.0. The Morgan fingerprint density at radius 2 is 1.83 bits per heavy atom. The van der Waals surface area contributed by atoms with Gasteiger partial charge in [0.05, 0.1) is 0 Å². The van der Waals surface area contributed by atoms with Crippen LogP contribution in [0.3, 0.4) is 0 Å². The summed E-state index contributed by atoms with van der Waals surface area (Å²) in [6, 6.07) is 1.17. The summed E-state index contributed by atoms with van der Waals surface area (Å²) >= 11 is 0. The molecular weight excluding hydrogens is 224 g/mol. The minimum Gasteiger partial charge on any atom is -0.343 e. The second-order valence-electron chi connectivity index (χ2n) is 6.07. The molecule has 0 aromatic heterocycles. The number of amides is 1. The van der Waals surface area contributed by atoms with Crippen molar-refractivity contribution in [1.82, 2.24) is 10.2 Å². The van der Waals surface area contributed by atoms with Gasteiger partial charge in [-0.2, -0.15) is 0 Å².